The van der Waals surface area contributed by atoms with Crippen molar-refractivity contribution in [3.63, 3.8) is 0 Å². The largest absolute Gasteiger partial charge is 0.394 e. The minimum absolute atomic E-state index is 0.423. The van der Waals surface area contributed by atoms with E-state index in [1.165, 1.54) is 0 Å². The van der Waals surface area contributed by atoms with Crippen molar-refractivity contribution in [3.8, 4) is 0 Å². The number of aldehydes is 1. The molecule has 2 saturated heterocycles. The summed E-state index contributed by atoms with van der Waals surface area (Å²) in [6, 6.07) is 0. The van der Waals surface area contributed by atoms with Gasteiger partial charge in [-0.1, -0.05) is 19.4 Å². The monoisotopic (exact) mass is 492 g/mol. The van der Waals surface area contributed by atoms with Gasteiger partial charge in [0.05, 0.1) is 19.3 Å². The van der Waals surface area contributed by atoms with E-state index in [-0.39, 0.29) is 0 Å². The average Bonchev–Trinajstić information content (AvgIpc) is 2.77. The van der Waals surface area contributed by atoms with Crippen LogP contribution in [0.15, 0.2) is 11.1 Å². The zero-order valence-electron chi connectivity index (χ0n) is 19.4. The van der Waals surface area contributed by atoms with Crippen LogP contribution in [0.25, 0.3) is 0 Å². The van der Waals surface area contributed by atoms with Gasteiger partial charge >= 0.3 is 0 Å². The quantitative estimate of drug-likeness (QED) is 0.182. The molecule has 0 aromatic heterocycles. The summed E-state index contributed by atoms with van der Waals surface area (Å²) in [7, 11) is 0. The van der Waals surface area contributed by atoms with Crippen LogP contribution in [0, 0.1) is 5.41 Å². The highest BCUT2D eigenvalue weighted by atomic mass is 16.7. The number of rotatable bonds is 7. The molecule has 12 heteroatoms. The van der Waals surface area contributed by atoms with E-state index in [0.717, 1.165) is 11.9 Å². The van der Waals surface area contributed by atoms with E-state index in [0.29, 0.717) is 18.4 Å². The van der Waals surface area contributed by atoms with Crippen LogP contribution in [-0.4, -0.2) is 123 Å². The Hall–Kier alpha value is -1.03. The Morgan fingerprint density at radius 1 is 0.912 bits per heavy atom. The number of carbonyl (C=O) groups excluding carboxylic acids is 1. The zero-order chi connectivity index (χ0) is 25.4. The summed E-state index contributed by atoms with van der Waals surface area (Å²) >= 11 is 0. The molecule has 2 aliphatic heterocycles. The van der Waals surface area contributed by atoms with E-state index in [2.05, 4.69) is 0 Å². The molecule has 7 N–H and O–H groups in total. The maximum atomic E-state index is 11.5. The molecule has 0 amide bonds. The van der Waals surface area contributed by atoms with Gasteiger partial charge in [-0.15, -0.1) is 0 Å². The van der Waals surface area contributed by atoms with Gasteiger partial charge in [0.15, 0.2) is 12.6 Å². The molecule has 0 spiro atoms. The Kier molecular flexibility index (Phi) is 8.86. The molecule has 0 radical (unpaired) electrons. The van der Waals surface area contributed by atoms with Crippen molar-refractivity contribution in [1.29, 1.82) is 0 Å². The van der Waals surface area contributed by atoms with Crippen LogP contribution in [-0.2, 0) is 23.7 Å². The Morgan fingerprint density at radius 2 is 1.47 bits per heavy atom. The summed E-state index contributed by atoms with van der Waals surface area (Å²) in [6.45, 7) is 4.58. The fourth-order valence-corrected chi connectivity index (χ4v) is 4.89. The maximum Gasteiger partial charge on any atom is 0.186 e. The van der Waals surface area contributed by atoms with Gasteiger partial charge in [-0.3, -0.25) is 4.79 Å². The third kappa shape index (κ3) is 5.52. The van der Waals surface area contributed by atoms with E-state index in [9.17, 15) is 40.5 Å². The number of aliphatic hydroxyl groups excluding tert-OH is 7. The number of hydrogen-bond acceptors (Lipinski definition) is 12. The smallest absolute Gasteiger partial charge is 0.186 e. The second-order valence-electron chi connectivity index (χ2n) is 9.91. The van der Waals surface area contributed by atoms with Crippen LogP contribution < -0.4 is 0 Å². The zero-order valence-corrected chi connectivity index (χ0v) is 19.4. The molecule has 3 rings (SSSR count). The first-order valence-electron chi connectivity index (χ1n) is 11.3. The van der Waals surface area contributed by atoms with Crippen molar-refractivity contribution >= 4 is 6.29 Å². The normalized spacial score (nSPS) is 45.3. The lowest BCUT2D eigenvalue weighted by Gasteiger charge is -2.44. The Labute approximate surface area is 197 Å². The van der Waals surface area contributed by atoms with Crippen LogP contribution in [0.4, 0.5) is 0 Å². The molecule has 2 fully saturated rings. The Bertz CT molecular complexity index is 739. The summed E-state index contributed by atoms with van der Waals surface area (Å²) < 4.78 is 22.3. The number of aliphatic hydroxyl groups is 7. The van der Waals surface area contributed by atoms with Gasteiger partial charge < -0.3 is 54.7 Å². The van der Waals surface area contributed by atoms with Gasteiger partial charge in [-0.25, -0.2) is 0 Å². The first-order valence-corrected chi connectivity index (χ1v) is 11.3. The van der Waals surface area contributed by atoms with Gasteiger partial charge in [0.25, 0.3) is 0 Å². The van der Waals surface area contributed by atoms with Crippen LogP contribution in [0.2, 0.25) is 0 Å². The fraction of sp³-hybridized carbons (Fsp3) is 0.864. The third-order valence-corrected chi connectivity index (χ3v) is 6.85. The molecule has 0 aromatic rings. The first-order chi connectivity index (χ1) is 15.9. The third-order valence-electron chi connectivity index (χ3n) is 6.85. The summed E-state index contributed by atoms with van der Waals surface area (Å²) in [5.41, 5.74) is 1.08. The van der Waals surface area contributed by atoms with Crippen LogP contribution in [0.5, 0.6) is 0 Å². The van der Waals surface area contributed by atoms with Crippen LogP contribution >= 0.6 is 0 Å². The molecule has 11 atom stereocenters. The molecule has 0 unspecified atom stereocenters. The summed E-state index contributed by atoms with van der Waals surface area (Å²) in [4.78, 5) is 11.5. The standard InChI is InChI=1S/C22H36O12/c1-9-4-10(5-22(2,3)11(9)6-23)32-21-19(30)17(28)15(26)13(34-21)8-31-20-18(29)16(27)14(25)12(7-24)33-20/h6,10,12-21,24-30H,4-5,7-8H2,1-3H3/t10-,12-,13-,14-,15-,16+,17+,18-,19-,20-,21-/m1/s1. The van der Waals surface area contributed by atoms with E-state index in [1.54, 1.807) is 0 Å². The van der Waals surface area contributed by atoms with Gasteiger partial charge in [-0.05, 0) is 30.8 Å². The summed E-state index contributed by atoms with van der Waals surface area (Å²) in [5.74, 6) is 0. The van der Waals surface area contributed by atoms with Gasteiger partial charge in [-0.2, -0.15) is 0 Å². The molecule has 0 bridgehead atoms. The van der Waals surface area contributed by atoms with Crippen LogP contribution in [0.1, 0.15) is 33.6 Å². The van der Waals surface area contributed by atoms with Crippen LogP contribution in [0.3, 0.4) is 0 Å². The Morgan fingerprint density at radius 3 is 2.03 bits per heavy atom. The highest BCUT2D eigenvalue weighted by molar-refractivity contribution is 5.77. The Balaban J connectivity index is 1.65. The SMILES string of the molecule is CC1=C(C=O)C(C)(C)C[C@H](O[C@@H]2O[C@H](CO[C@@H]3O[C@H](CO)[C@@H](O)[C@H](O)[C@H]3O)[C@@H](O)[C@H](O)[C@H]2O)C1. The molecule has 196 valence electrons. The summed E-state index contributed by atoms with van der Waals surface area (Å²) in [6.07, 6.45) is -13.4. The van der Waals surface area contributed by atoms with E-state index in [4.69, 9.17) is 18.9 Å². The molecule has 34 heavy (non-hydrogen) atoms. The van der Waals surface area contributed by atoms with Crippen molar-refractivity contribution in [1.82, 2.24) is 0 Å². The number of hydrogen-bond donors (Lipinski definition) is 7. The van der Waals surface area contributed by atoms with Gasteiger partial charge in [0, 0.05) is 0 Å². The number of ether oxygens (including phenoxy) is 4. The predicted octanol–water partition coefficient (Wildman–Crippen LogP) is -2.67. The first kappa shape index (κ1) is 27.6. The second-order valence-corrected chi connectivity index (χ2v) is 9.91. The number of carbonyl (C=O) groups is 1. The molecule has 0 saturated carbocycles. The molecule has 12 nitrogen and oxygen atoms in total. The lowest BCUT2D eigenvalue weighted by Crippen LogP contribution is -2.62. The van der Waals surface area contributed by atoms with Crippen molar-refractivity contribution in [3.05, 3.63) is 11.1 Å². The number of allylic oxidation sites excluding steroid dienone is 1. The summed E-state index contributed by atoms with van der Waals surface area (Å²) in [5, 5.41) is 70.3. The molecule has 0 aromatic carbocycles. The lowest BCUT2D eigenvalue weighted by atomic mass is 9.72. The van der Waals surface area contributed by atoms with E-state index in [1.807, 2.05) is 20.8 Å². The average molecular weight is 493 g/mol. The molecule has 1 aliphatic carbocycles. The minimum Gasteiger partial charge on any atom is -0.394 e. The van der Waals surface area contributed by atoms with E-state index < -0.39 is 86.1 Å². The minimum atomic E-state index is -1.65. The van der Waals surface area contributed by atoms with Gasteiger partial charge in [0.1, 0.15) is 55.1 Å². The highest BCUT2D eigenvalue weighted by Crippen LogP contribution is 2.41. The van der Waals surface area contributed by atoms with Crippen molar-refractivity contribution in [2.24, 2.45) is 5.41 Å². The van der Waals surface area contributed by atoms with Crippen molar-refractivity contribution in [2.75, 3.05) is 13.2 Å². The molecular formula is C22H36O12. The molecular weight excluding hydrogens is 456 g/mol. The predicted molar refractivity (Wildman–Crippen MR) is 113 cm³/mol. The molecule has 2 heterocycles. The second kappa shape index (κ2) is 10.9. The lowest BCUT2D eigenvalue weighted by molar-refractivity contribution is -0.336. The fourth-order valence-electron chi connectivity index (χ4n) is 4.89. The maximum absolute atomic E-state index is 11.5. The van der Waals surface area contributed by atoms with Gasteiger partial charge in [0.2, 0.25) is 0 Å². The van der Waals surface area contributed by atoms with Crippen molar-refractivity contribution < 1.29 is 59.5 Å². The van der Waals surface area contributed by atoms with E-state index >= 15 is 0 Å². The highest BCUT2D eigenvalue weighted by Gasteiger charge is 2.48. The molecule has 3 aliphatic rings. The van der Waals surface area contributed by atoms with Crippen molar-refractivity contribution in [2.45, 2.75) is 101 Å². The topological polar surface area (TPSA) is 196 Å².